The highest BCUT2D eigenvalue weighted by molar-refractivity contribution is 5.80. The molecule has 6 nitrogen and oxygen atoms in total. The quantitative estimate of drug-likeness (QED) is 0.751. The molecule has 0 saturated carbocycles. The molecule has 3 N–H and O–H groups in total. The maximum absolute atomic E-state index is 13.5. The molecule has 1 unspecified atom stereocenters. The number of amides is 1. The Kier molecular flexibility index (Phi) is 6.46. The molecule has 0 aliphatic carbocycles. The Labute approximate surface area is 188 Å². The highest BCUT2D eigenvalue weighted by atomic mass is 19.1. The summed E-state index contributed by atoms with van der Waals surface area (Å²) < 4.78 is 18.8. The van der Waals surface area contributed by atoms with Gasteiger partial charge in [0, 0.05) is 36.6 Å². The van der Waals surface area contributed by atoms with Gasteiger partial charge in [-0.2, -0.15) is 0 Å². The Morgan fingerprint density at radius 1 is 1.16 bits per heavy atom. The molecule has 2 aliphatic heterocycles. The van der Waals surface area contributed by atoms with E-state index in [0.29, 0.717) is 49.9 Å². The number of nitrogens with zero attached hydrogens (tertiary/aromatic N) is 2. The number of anilines is 1. The van der Waals surface area contributed by atoms with Gasteiger partial charge in [-0.25, -0.2) is 4.39 Å². The first-order valence-corrected chi connectivity index (χ1v) is 10.8. The van der Waals surface area contributed by atoms with Crippen LogP contribution < -0.4 is 11.1 Å². The van der Waals surface area contributed by atoms with Gasteiger partial charge < -0.3 is 25.6 Å². The maximum Gasteiger partial charge on any atom is 0.228 e. The maximum atomic E-state index is 13.5. The molecule has 4 rings (SSSR count). The van der Waals surface area contributed by atoms with Crippen molar-refractivity contribution in [3.8, 4) is 0 Å². The third-order valence-electron chi connectivity index (χ3n) is 5.93. The lowest BCUT2D eigenvalue weighted by molar-refractivity contribution is -0.136. The van der Waals surface area contributed by atoms with Crippen molar-refractivity contribution in [3.05, 3.63) is 83.6 Å². The molecule has 2 aliphatic rings. The Hall–Kier alpha value is -3.32. The summed E-state index contributed by atoms with van der Waals surface area (Å²) in [5, 5.41) is 3.42. The van der Waals surface area contributed by atoms with Gasteiger partial charge in [-0.05, 0) is 49.7 Å². The van der Waals surface area contributed by atoms with Crippen LogP contribution in [0.25, 0.3) is 5.70 Å². The van der Waals surface area contributed by atoms with Gasteiger partial charge in [-0.3, -0.25) is 4.79 Å². The lowest BCUT2D eigenvalue weighted by Crippen LogP contribution is -2.49. The number of carbonyl (C=O) groups is 1. The minimum atomic E-state index is -0.318. The molecule has 168 valence electrons. The molecule has 1 amide bonds. The zero-order valence-electron chi connectivity index (χ0n) is 18.3. The van der Waals surface area contributed by atoms with Crippen LogP contribution >= 0.6 is 0 Å². The highest BCUT2D eigenvalue weighted by Gasteiger charge is 2.32. The van der Waals surface area contributed by atoms with Crippen molar-refractivity contribution in [1.82, 2.24) is 9.80 Å². The summed E-state index contributed by atoms with van der Waals surface area (Å²) in [6.07, 6.45) is 0.767. The summed E-state index contributed by atoms with van der Waals surface area (Å²) in [5.74, 6) is 0.398. The average molecular weight is 437 g/mol. The number of halogens is 1. The lowest BCUT2D eigenvalue weighted by atomic mass is 10.1. The van der Waals surface area contributed by atoms with Crippen molar-refractivity contribution in [2.75, 3.05) is 38.2 Å². The summed E-state index contributed by atoms with van der Waals surface area (Å²) >= 11 is 0. The Bertz CT molecular complexity index is 1010. The summed E-state index contributed by atoms with van der Waals surface area (Å²) in [4.78, 5) is 16.7. The molecule has 0 aromatic heterocycles. The van der Waals surface area contributed by atoms with Gasteiger partial charge in [-0.15, -0.1) is 0 Å². The van der Waals surface area contributed by atoms with Crippen LogP contribution in [-0.2, 0) is 9.53 Å². The zero-order chi connectivity index (χ0) is 22.7. The smallest absolute Gasteiger partial charge is 0.228 e. The number of nitrogens with two attached hydrogens (primary N) is 1. The predicted molar refractivity (Wildman–Crippen MR) is 124 cm³/mol. The van der Waals surface area contributed by atoms with E-state index in [9.17, 15) is 9.18 Å². The van der Waals surface area contributed by atoms with E-state index in [0.717, 1.165) is 23.4 Å². The molecule has 0 radical (unpaired) electrons. The monoisotopic (exact) mass is 436 g/mol. The van der Waals surface area contributed by atoms with E-state index in [1.807, 2.05) is 41.0 Å². The third kappa shape index (κ3) is 4.78. The summed E-state index contributed by atoms with van der Waals surface area (Å²) in [6.45, 7) is 8.92. The van der Waals surface area contributed by atoms with E-state index < -0.39 is 0 Å². The molecule has 2 saturated heterocycles. The van der Waals surface area contributed by atoms with Crippen LogP contribution in [0.2, 0.25) is 0 Å². The van der Waals surface area contributed by atoms with Crippen molar-refractivity contribution >= 4 is 17.3 Å². The minimum absolute atomic E-state index is 0.0701. The van der Waals surface area contributed by atoms with Crippen LogP contribution in [0.3, 0.4) is 0 Å². The summed E-state index contributed by atoms with van der Waals surface area (Å²) in [7, 11) is 0. The number of nitrogens with one attached hydrogen (secondary N) is 1. The SMILES string of the molecule is C=C1CN(C(=O)C2CCOC2)CCN1/C(Nc1ccc(C)cc1)=C(\N)c1ccc(F)cc1. The number of aryl methyl sites for hydroxylation is 1. The van der Waals surface area contributed by atoms with E-state index in [1.165, 1.54) is 12.1 Å². The fourth-order valence-corrected chi connectivity index (χ4v) is 4.03. The fourth-order valence-electron chi connectivity index (χ4n) is 4.03. The van der Waals surface area contributed by atoms with E-state index in [4.69, 9.17) is 10.5 Å². The standard InChI is InChI=1S/C25H29FN4O2/c1-17-3-9-22(10-4-17)28-24(23(27)19-5-7-21(26)8-6-19)30-13-12-29(15-18(30)2)25(31)20-11-14-32-16-20/h3-10,20,28H,2,11-16,27H2,1H3/b24-23-. The van der Waals surface area contributed by atoms with E-state index in [1.54, 1.807) is 12.1 Å². The van der Waals surface area contributed by atoms with Gasteiger partial charge in [0.15, 0.2) is 0 Å². The molecule has 32 heavy (non-hydrogen) atoms. The van der Waals surface area contributed by atoms with Crippen LogP contribution in [0.15, 0.2) is 66.6 Å². The highest BCUT2D eigenvalue weighted by Crippen LogP contribution is 2.27. The van der Waals surface area contributed by atoms with Crippen LogP contribution in [0, 0.1) is 18.7 Å². The average Bonchev–Trinajstić information content (AvgIpc) is 3.33. The molecule has 0 bridgehead atoms. The van der Waals surface area contributed by atoms with Gasteiger partial charge in [0.25, 0.3) is 0 Å². The summed E-state index contributed by atoms with van der Waals surface area (Å²) in [5.41, 5.74) is 10.6. The first-order valence-electron chi connectivity index (χ1n) is 10.8. The van der Waals surface area contributed by atoms with Gasteiger partial charge in [-0.1, -0.05) is 24.3 Å². The first-order chi connectivity index (χ1) is 15.4. The molecular weight excluding hydrogens is 407 g/mol. The van der Waals surface area contributed by atoms with E-state index >= 15 is 0 Å². The zero-order valence-corrected chi connectivity index (χ0v) is 18.3. The first kappa shape index (κ1) is 21.9. The molecule has 0 spiro atoms. The largest absolute Gasteiger partial charge is 0.395 e. The van der Waals surface area contributed by atoms with Crippen molar-refractivity contribution in [1.29, 1.82) is 0 Å². The predicted octanol–water partition coefficient (Wildman–Crippen LogP) is 3.53. The van der Waals surface area contributed by atoms with Crippen LogP contribution in [-0.4, -0.2) is 48.6 Å². The molecule has 7 heteroatoms. The molecule has 2 aromatic rings. The Balaban J connectivity index is 1.60. The molecule has 2 fully saturated rings. The van der Waals surface area contributed by atoms with E-state index in [-0.39, 0.29) is 17.6 Å². The number of carbonyl (C=O) groups excluding carboxylic acids is 1. The number of rotatable bonds is 5. The normalized spacial score (nSPS) is 19.7. The Morgan fingerprint density at radius 2 is 1.88 bits per heavy atom. The fraction of sp³-hybridized carbons (Fsp3) is 0.320. The number of hydrogen-bond donors (Lipinski definition) is 2. The topological polar surface area (TPSA) is 70.8 Å². The van der Waals surface area contributed by atoms with Crippen LogP contribution in [0.5, 0.6) is 0 Å². The second-order valence-electron chi connectivity index (χ2n) is 8.30. The van der Waals surface area contributed by atoms with E-state index in [2.05, 4.69) is 11.9 Å². The second kappa shape index (κ2) is 9.44. The third-order valence-corrected chi connectivity index (χ3v) is 5.93. The van der Waals surface area contributed by atoms with Gasteiger partial charge >= 0.3 is 0 Å². The molecule has 2 aromatic carbocycles. The van der Waals surface area contributed by atoms with Crippen LogP contribution in [0.1, 0.15) is 17.5 Å². The molecule has 2 heterocycles. The number of benzene rings is 2. The van der Waals surface area contributed by atoms with Crippen molar-refractivity contribution in [3.63, 3.8) is 0 Å². The number of piperazine rings is 1. The van der Waals surface area contributed by atoms with Gasteiger partial charge in [0.1, 0.15) is 11.6 Å². The van der Waals surface area contributed by atoms with Crippen molar-refractivity contribution in [2.24, 2.45) is 11.7 Å². The lowest BCUT2D eigenvalue weighted by Gasteiger charge is -2.40. The van der Waals surface area contributed by atoms with Crippen molar-refractivity contribution < 1.29 is 13.9 Å². The van der Waals surface area contributed by atoms with Crippen LogP contribution in [0.4, 0.5) is 10.1 Å². The Morgan fingerprint density at radius 3 is 2.50 bits per heavy atom. The number of hydrogen-bond acceptors (Lipinski definition) is 5. The summed E-state index contributed by atoms with van der Waals surface area (Å²) in [6, 6.07) is 14.1. The van der Waals surface area contributed by atoms with Crippen molar-refractivity contribution in [2.45, 2.75) is 13.3 Å². The molecule has 1 atom stereocenters. The number of ether oxygens (including phenoxy) is 1. The van der Waals surface area contributed by atoms with Gasteiger partial charge in [0.05, 0.1) is 24.8 Å². The second-order valence-corrected chi connectivity index (χ2v) is 8.30. The molecular formula is C25H29FN4O2. The minimum Gasteiger partial charge on any atom is -0.395 e. The van der Waals surface area contributed by atoms with Gasteiger partial charge in [0.2, 0.25) is 5.91 Å².